The van der Waals surface area contributed by atoms with Gasteiger partial charge in [-0.1, -0.05) is 245 Å². The summed E-state index contributed by atoms with van der Waals surface area (Å²) in [4.78, 5) is 68.6. The largest absolute Gasteiger partial charge is 0.542 e. The molecule has 131 heavy (non-hydrogen) atoms. The van der Waals surface area contributed by atoms with Crippen molar-refractivity contribution in [1.82, 2.24) is 63.1 Å². The number of aliphatic hydroxyl groups excluding tert-OH is 2. The minimum Gasteiger partial charge on any atom is -0.542 e. The second-order valence-electron chi connectivity index (χ2n) is 30.4. The van der Waals surface area contributed by atoms with Crippen molar-refractivity contribution in [1.29, 1.82) is 0 Å². The van der Waals surface area contributed by atoms with E-state index < -0.39 is 23.1 Å². The Labute approximate surface area is 845 Å². The van der Waals surface area contributed by atoms with Gasteiger partial charge in [-0.25, -0.2) is 9.78 Å². The molecule has 16 rings (SSSR count). The number of ketones is 2. The topological polar surface area (TPSA) is 274 Å². The summed E-state index contributed by atoms with van der Waals surface area (Å²) in [5, 5.41) is 26.2. The predicted molar refractivity (Wildman–Crippen MR) is 479 cm³/mol. The van der Waals surface area contributed by atoms with Gasteiger partial charge in [-0.3, -0.25) is 9.59 Å². The second-order valence-corrected chi connectivity index (χ2v) is 30.4. The number of hydrogen-bond donors (Lipinski definition) is 3. The normalized spacial score (nSPS) is 10.6. The smallest absolute Gasteiger partial charge is 0.417 e. The molecule has 21 nitrogen and oxygen atoms in total. The van der Waals surface area contributed by atoms with E-state index in [0.717, 1.165) is 92.7 Å². The maximum absolute atomic E-state index is 12.6. The number of hydrogen-bond acceptors (Lipinski definition) is 16. The molecule has 0 aliphatic carbocycles. The quantitative estimate of drug-likeness (QED) is 0.0550. The van der Waals surface area contributed by atoms with Crippen LogP contribution < -0.4 is 0 Å². The Hall–Kier alpha value is -11.1. The molecule has 3 N–H and O–H groups in total. The third-order valence-electron chi connectivity index (χ3n) is 17.1. The van der Waals surface area contributed by atoms with Crippen LogP contribution in [-0.4, -0.2) is 96.0 Å². The maximum Gasteiger partial charge on any atom is 0.417 e. The first-order chi connectivity index (χ1) is 59.7. The molecule has 13 heterocycles. The maximum atomic E-state index is 12.6. The van der Waals surface area contributed by atoms with Crippen molar-refractivity contribution in [3.63, 3.8) is 0 Å². The number of aliphatic hydroxyl groups is 2. The third-order valence-corrected chi connectivity index (χ3v) is 17.1. The minimum absolute atomic E-state index is 0. The molecule has 697 valence electrons. The molecule has 5 radical (unpaired) electrons. The van der Waals surface area contributed by atoms with Crippen LogP contribution in [0.2, 0.25) is 0 Å². The van der Waals surface area contributed by atoms with E-state index in [1.165, 1.54) is 44.3 Å². The van der Waals surface area contributed by atoms with Crippen LogP contribution in [0.15, 0.2) is 331 Å². The number of carbonyl (C=O) groups is 3. The Morgan fingerprint density at radius 2 is 0.847 bits per heavy atom. The molecule has 0 unspecified atom stereocenters. The molecular formula is C101H98F3Ir5N13O8Pt-6. The zero-order chi connectivity index (χ0) is 90.5. The van der Waals surface area contributed by atoms with Crippen LogP contribution >= 0.6 is 0 Å². The molecule has 0 bridgehead atoms. The summed E-state index contributed by atoms with van der Waals surface area (Å²) in [6.07, 6.45) is 22.7. The minimum atomic E-state index is -4.38. The van der Waals surface area contributed by atoms with Gasteiger partial charge >= 0.3 is 12.1 Å². The summed E-state index contributed by atoms with van der Waals surface area (Å²) < 4.78 is 56.6. The number of alkyl halides is 3. The average molecular weight is 2840 g/mol. The van der Waals surface area contributed by atoms with Crippen molar-refractivity contribution in [3.05, 3.63) is 388 Å². The zero-order valence-electron chi connectivity index (χ0n) is 74.0. The van der Waals surface area contributed by atoms with Crippen LogP contribution in [0.1, 0.15) is 116 Å². The zero-order valence-corrected chi connectivity index (χ0v) is 88.2. The average Bonchev–Trinajstić information content (AvgIpc) is 1.70. The van der Waals surface area contributed by atoms with E-state index in [1.54, 1.807) is 55.5 Å². The molecule has 0 spiro atoms. The van der Waals surface area contributed by atoms with Crippen molar-refractivity contribution in [2.45, 2.75) is 115 Å². The summed E-state index contributed by atoms with van der Waals surface area (Å²) in [5.74, 6) is 1.89. The number of rotatable bonds is 13. The van der Waals surface area contributed by atoms with Gasteiger partial charge in [0.05, 0.1) is 17.2 Å². The van der Waals surface area contributed by atoms with E-state index in [4.69, 9.17) is 19.0 Å². The van der Waals surface area contributed by atoms with E-state index in [0.29, 0.717) is 28.8 Å². The number of carboxylic acid groups (broad SMARTS) is 1. The summed E-state index contributed by atoms with van der Waals surface area (Å²) in [5.41, 5.74) is 11.1. The summed E-state index contributed by atoms with van der Waals surface area (Å²) in [7, 11) is 0. The molecule has 0 aliphatic rings. The number of oxazole rings is 1. The van der Waals surface area contributed by atoms with Gasteiger partial charge in [0.25, 0.3) is 0 Å². The SMILES string of the molecule is CC(=O)C=C(C)O.CC(C)(C)C(=O)C=C(O)C(C)(C)C.CC(C)(C)c1n[c-]c(-c2ccccn2)o1.CCn1cn[c-]c1-c1ccccn1.Cc1c[c-]c(-c2ccccn2)o1.Cc1ccc(-c2[c-]ccn2-c2ccccc2)nc1.FC(F)(F)c1ccc(-c2[c-]ccn2-c2ccccc2)nc1.O=C(O)c1ccccn1.[Ir].[Ir].[Ir].[Ir].[Ir].[Pt].[c-]1ccn(-c2ccccc2)c1-c1ccccn1. The first kappa shape index (κ1) is 116. The summed E-state index contributed by atoms with van der Waals surface area (Å²) >= 11 is 0. The predicted octanol–water partition coefficient (Wildman–Crippen LogP) is 23.3. The number of benzene rings is 3. The van der Waals surface area contributed by atoms with Gasteiger partial charge in [0.1, 0.15) is 11.5 Å². The van der Waals surface area contributed by atoms with Crippen molar-refractivity contribution < 1.29 is 173 Å². The number of aromatic carboxylic acids is 1. The van der Waals surface area contributed by atoms with Crippen LogP contribution in [0.25, 0.3) is 85.5 Å². The van der Waals surface area contributed by atoms with Crippen LogP contribution in [-0.2, 0) is 149 Å². The van der Waals surface area contributed by atoms with Crippen LogP contribution in [0.3, 0.4) is 0 Å². The van der Waals surface area contributed by atoms with Crippen molar-refractivity contribution >= 4 is 17.5 Å². The number of allylic oxidation sites excluding steroid dienone is 4. The molecule has 0 saturated carbocycles. The number of furan rings is 1. The number of carbonyl (C=O) groups excluding carboxylic acids is 2. The summed E-state index contributed by atoms with van der Waals surface area (Å²) in [6.45, 7) is 27.0. The van der Waals surface area contributed by atoms with Gasteiger partial charge in [0, 0.05) is 234 Å². The van der Waals surface area contributed by atoms with Crippen molar-refractivity contribution in [2.24, 2.45) is 10.8 Å². The molecular weight excluding hydrogens is 2740 g/mol. The molecule has 3 aromatic carbocycles. The van der Waals surface area contributed by atoms with Gasteiger partial charge in [0.2, 0.25) is 0 Å². The number of aryl methyl sites for hydroxylation is 3. The number of para-hydroxylation sites is 3. The monoisotopic (exact) mass is 2840 g/mol. The Kier molecular flexibility index (Phi) is 51.2. The molecule has 0 aliphatic heterocycles. The van der Waals surface area contributed by atoms with Crippen LogP contribution in [0.5, 0.6) is 0 Å². The number of carboxylic acids is 1. The van der Waals surface area contributed by atoms with E-state index in [2.05, 4.69) is 149 Å². The van der Waals surface area contributed by atoms with Gasteiger partial charge in [-0.15, -0.1) is 12.1 Å². The molecule has 0 amide bonds. The fourth-order valence-electron chi connectivity index (χ4n) is 10.6. The Balaban J connectivity index is 0.000000503. The van der Waals surface area contributed by atoms with E-state index >= 15 is 0 Å². The second kappa shape index (κ2) is 57.9. The molecule has 16 aromatic rings. The molecule has 0 fully saturated rings. The van der Waals surface area contributed by atoms with E-state index in [-0.39, 0.29) is 161 Å². The van der Waals surface area contributed by atoms with Gasteiger partial charge < -0.3 is 82.3 Å². The van der Waals surface area contributed by atoms with Crippen LogP contribution in [0.4, 0.5) is 13.2 Å². The number of nitrogens with zero attached hydrogens (tertiary/aromatic N) is 13. The standard InChI is InChI=1S/C16H10F3N2.C16H13N2.C15H11N2.C12H13N2O.C11H20O2.C10H10N3.C10H8NO.C6H5NO2.C5H8O2.5Ir.Pt/c17-16(18,19)12-8-9-14(20-11-12)15-7-4-10-21(15)13-5-2-1-3-6-13;1-13-9-10-15(17-12-13)16-8-5-11-18(16)14-6-3-2-4-7-14;1-2-7-13(8-3-1)17-12-6-10-15(17)14-9-4-5-11-16-14;1-12(2,3)11-14-8-10(15-11)9-6-4-5-7-13-9;1-10(2,3)8(12)7-9(13)11(4,5)6;1-2-13-8-11-7-10(13)9-5-3-4-6-12-9;1-8-5-6-10(12-8)9-4-2-3-7-11-9;8-6(9)5-3-1-2-4-7-5;1-4(6)3-5(2)7;;;;;;/h1-6,8-11H;2-7,9-12H,1H3;1-9,11-12H;4-7H,1-3H3;7,12H,1-6H3;3-6,8H,2H2,1H3;2-5,7H,1H3;1-4H,(H,8,9);3,6H,1-2H3;;;;;;/q4*-1;;2*-1;;;;;;;;. The van der Waals surface area contributed by atoms with Gasteiger partial charge in [0.15, 0.2) is 11.6 Å². The fourth-order valence-corrected chi connectivity index (χ4v) is 10.6. The number of aromatic nitrogens is 13. The number of halogens is 3. The van der Waals surface area contributed by atoms with Gasteiger partial charge in [-0.2, -0.15) is 49.6 Å². The molecule has 0 saturated heterocycles. The van der Waals surface area contributed by atoms with E-state index in [1.807, 2.05) is 247 Å². The number of imidazole rings is 1. The third kappa shape index (κ3) is 38.7. The first-order valence-corrected chi connectivity index (χ1v) is 39.5. The van der Waals surface area contributed by atoms with Crippen LogP contribution in [0, 0.1) is 61.3 Å². The van der Waals surface area contributed by atoms with Gasteiger partial charge in [-0.05, 0) is 158 Å². The number of pyridine rings is 7. The molecule has 13 aromatic heterocycles. The van der Waals surface area contributed by atoms with Crippen molar-refractivity contribution in [3.8, 4) is 85.5 Å². The Morgan fingerprint density at radius 1 is 0.443 bits per heavy atom. The molecule has 30 heteroatoms. The first-order valence-electron chi connectivity index (χ1n) is 39.5. The van der Waals surface area contributed by atoms with E-state index in [9.17, 15) is 32.7 Å². The fraction of sp³-hybridized carbons (Fsp3) is 0.188. The van der Waals surface area contributed by atoms with Crippen molar-refractivity contribution in [2.75, 3.05) is 0 Å². The Bertz CT molecular complexity index is 5920. The summed E-state index contributed by atoms with van der Waals surface area (Å²) in [6, 6.07) is 84.0. The molecule has 0 atom stereocenters. The Morgan fingerprint density at radius 3 is 1.16 bits per heavy atom.